The lowest BCUT2D eigenvalue weighted by atomic mass is 10.0. The Balaban J connectivity index is 1.49. The van der Waals surface area contributed by atoms with Gasteiger partial charge in [-0.25, -0.2) is 4.68 Å². The van der Waals surface area contributed by atoms with E-state index in [0.29, 0.717) is 5.56 Å². The molecule has 1 aromatic heterocycles. The van der Waals surface area contributed by atoms with Crippen molar-refractivity contribution in [2.75, 3.05) is 32.8 Å². The first-order chi connectivity index (χ1) is 14.2. The van der Waals surface area contributed by atoms with Crippen LogP contribution in [0.3, 0.4) is 0 Å². The van der Waals surface area contributed by atoms with Gasteiger partial charge in [0.1, 0.15) is 0 Å². The molecule has 6 nitrogen and oxygen atoms in total. The highest BCUT2D eigenvalue weighted by Gasteiger charge is 2.21. The predicted molar refractivity (Wildman–Crippen MR) is 112 cm³/mol. The number of carbonyl (C=O) groups is 1. The van der Waals surface area contributed by atoms with E-state index in [-0.39, 0.29) is 11.9 Å². The van der Waals surface area contributed by atoms with Crippen LogP contribution in [0.25, 0.3) is 5.69 Å². The second kappa shape index (κ2) is 9.03. The van der Waals surface area contributed by atoms with E-state index in [9.17, 15) is 4.79 Å². The van der Waals surface area contributed by atoms with Crippen molar-refractivity contribution in [1.82, 2.24) is 20.0 Å². The van der Waals surface area contributed by atoms with Crippen molar-refractivity contribution in [2.45, 2.75) is 13.0 Å². The summed E-state index contributed by atoms with van der Waals surface area (Å²) in [6.07, 6.45) is 3.61. The molecule has 0 unspecified atom stereocenters. The van der Waals surface area contributed by atoms with Crippen molar-refractivity contribution < 1.29 is 9.53 Å². The van der Waals surface area contributed by atoms with Crippen molar-refractivity contribution in [1.29, 1.82) is 0 Å². The molecule has 1 fully saturated rings. The Bertz CT molecular complexity index is 915. The summed E-state index contributed by atoms with van der Waals surface area (Å²) in [6, 6.07) is 17.7. The smallest absolute Gasteiger partial charge is 0.251 e. The number of hydrogen-bond acceptors (Lipinski definition) is 4. The van der Waals surface area contributed by atoms with Crippen LogP contribution in [-0.4, -0.2) is 53.4 Å². The Hall–Kier alpha value is -2.96. The van der Waals surface area contributed by atoms with E-state index in [1.165, 1.54) is 5.56 Å². The number of nitrogens with zero attached hydrogens (tertiary/aromatic N) is 3. The number of hydrogen-bond donors (Lipinski definition) is 1. The summed E-state index contributed by atoms with van der Waals surface area (Å²) in [7, 11) is 0. The lowest BCUT2D eigenvalue weighted by molar-refractivity contribution is 0.0332. The van der Waals surface area contributed by atoms with Crippen LogP contribution in [0.5, 0.6) is 0 Å². The molecule has 1 aliphatic heterocycles. The molecule has 2 heterocycles. The van der Waals surface area contributed by atoms with Crippen molar-refractivity contribution in [2.24, 2.45) is 0 Å². The summed E-state index contributed by atoms with van der Waals surface area (Å²) >= 11 is 0. The van der Waals surface area contributed by atoms with Gasteiger partial charge in [0.25, 0.3) is 5.91 Å². The number of rotatable bonds is 6. The van der Waals surface area contributed by atoms with Gasteiger partial charge in [-0.15, -0.1) is 0 Å². The summed E-state index contributed by atoms with van der Waals surface area (Å²) in [4.78, 5) is 15.3. The minimum Gasteiger partial charge on any atom is -0.379 e. The third-order valence-corrected chi connectivity index (χ3v) is 5.23. The van der Waals surface area contributed by atoms with E-state index in [4.69, 9.17) is 4.74 Å². The van der Waals surface area contributed by atoms with Gasteiger partial charge in [-0.1, -0.05) is 29.8 Å². The molecule has 0 radical (unpaired) electrons. The van der Waals surface area contributed by atoms with Crippen molar-refractivity contribution in [3.05, 3.63) is 83.7 Å². The van der Waals surface area contributed by atoms with Crippen LogP contribution in [0.1, 0.15) is 27.5 Å². The van der Waals surface area contributed by atoms with Crippen LogP contribution in [0.4, 0.5) is 0 Å². The van der Waals surface area contributed by atoms with Gasteiger partial charge in [-0.2, -0.15) is 5.10 Å². The number of amides is 1. The standard InChI is InChI=1S/C23H26N4O2/c1-18-3-5-19(6-4-18)22(17-26-13-15-29-16-14-26)25-23(28)20-7-9-21(10-8-20)27-12-2-11-24-27/h2-12,22H,13-17H2,1H3,(H,25,28)/t22-/m0/s1. The van der Waals surface area contributed by atoms with Gasteiger partial charge in [0.05, 0.1) is 24.9 Å². The molecule has 2 aromatic carbocycles. The van der Waals surface area contributed by atoms with Crippen LogP contribution in [0, 0.1) is 6.92 Å². The van der Waals surface area contributed by atoms with Gasteiger partial charge in [0.15, 0.2) is 0 Å². The highest BCUT2D eigenvalue weighted by molar-refractivity contribution is 5.94. The van der Waals surface area contributed by atoms with Gasteiger partial charge >= 0.3 is 0 Å². The monoisotopic (exact) mass is 390 g/mol. The second-order valence-corrected chi connectivity index (χ2v) is 7.35. The van der Waals surface area contributed by atoms with Gasteiger partial charge < -0.3 is 10.1 Å². The zero-order valence-electron chi connectivity index (χ0n) is 16.6. The lowest BCUT2D eigenvalue weighted by Gasteiger charge is -2.31. The van der Waals surface area contributed by atoms with Crippen molar-refractivity contribution in [3.63, 3.8) is 0 Å². The molecule has 0 spiro atoms. The maximum absolute atomic E-state index is 13.0. The van der Waals surface area contributed by atoms with Gasteiger partial charge in [-0.3, -0.25) is 9.69 Å². The number of carbonyl (C=O) groups excluding carboxylic acids is 1. The lowest BCUT2D eigenvalue weighted by Crippen LogP contribution is -2.43. The number of ether oxygens (including phenoxy) is 1. The molecular formula is C23H26N4O2. The molecule has 3 aromatic rings. The van der Waals surface area contributed by atoms with Crippen molar-refractivity contribution >= 4 is 5.91 Å². The van der Waals surface area contributed by atoms with E-state index in [0.717, 1.165) is 44.1 Å². The number of aromatic nitrogens is 2. The van der Waals surface area contributed by atoms with Gasteiger partial charge in [-0.05, 0) is 42.8 Å². The van der Waals surface area contributed by atoms with Crippen LogP contribution in [0.15, 0.2) is 67.0 Å². The van der Waals surface area contributed by atoms with E-state index in [2.05, 4.69) is 46.5 Å². The fraction of sp³-hybridized carbons (Fsp3) is 0.304. The summed E-state index contributed by atoms with van der Waals surface area (Å²) in [5.74, 6) is -0.0733. The minimum atomic E-state index is -0.0769. The third kappa shape index (κ3) is 4.91. The first-order valence-corrected chi connectivity index (χ1v) is 9.97. The highest BCUT2D eigenvalue weighted by atomic mass is 16.5. The molecule has 150 valence electrons. The van der Waals surface area contributed by atoms with Crippen LogP contribution in [0.2, 0.25) is 0 Å². The molecular weight excluding hydrogens is 364 g/mol. The number of morpholine rings is 1. The van der Waals surface area contributed by atoms with E-state index in [1.807, 2.05) is 36.5 Å². The summed E-state index contributed by atoms with van der Waals surface area (Å²) < 4.78 is 7.23. The maximum Gasteiger partial charge on any atom is 0.251 e. The normalized spacial score (nSPS) is 15.8. The summed E-state index contributed by atoms with van der Waals surface area (Å²) in [6.45, 7) is 6.09. The summed E-state index contributed by atoms with van der Waals surface area (Å²) in [5, 5.41) is 7.45. The first kappa shape index (κ1) is 19.4. The molecule has 1 N–H and O–H groups in total. The largest absolute Gasteiger partial charge is 0.379 e. The average Bonchev–Trinajstić information content (AvgIpc) is 3.30. The molecule has 4 rings (SSSR count). The molecule has 29 heavy (non-hydrogen) atoms. The topological polar surface area (TPSA) is 59.4 Å². The maximum atomic E-state index is 13.0. The predicted octanol–water partition coefficient (Wildman–Crippen LogP) is 2.98. The van der Waals surface area contributed by atoms with Gasteiger partial charge in [0, 0.05) is 37.6 Å². The van der Waals surface area contributed by atoms with Crippen molar-refractivity contribution in [3.8, 4) is 5.69 Å². The second-order valence-electron chi connectivity index (χ2n) is 7.35. The van der Waals surface area contributed by atoms with E-state index < -0.39 is 0 Å². The molecule has 1 aliphatic rings. The van der Waals surface area contributed by atoms with E-state index >= 15 is 0 Å². The SMILES string of the molecule is Cc1ccc([C@H](CN2CCOCC2)NC(=O)c2ccc(-n3cccn3)cc2)cc1. The minimum absolute atomic E-state index is 0.0733. The average molecular weight is 390 g/mol. The Morgan fingerprint density at radius 3 is 2.48 bits per heavy atom. The van der Waals surface area contributed by atoms with Crippen LogP contribution < -0.4 is 5.32 Å². The fourth-order valence-corrected chi connectivity index (χ4v) is 3.50. The Morgan fingerprint density at radius 2 is 1.83 bits per heavy atom. The Labute approximate surface area is 171 Å². The first-order valence-electron chi connectivity index (χ1n) is 9.97. The van der Waals surface area contributed by atoms with Crippen LogP contribution >= 0.6 is 0 Å². The molecule has 1 saturated heterocycles. The van der Waals surface area contributed by atoms with Gasteiger partial charge in [0.2, 0.25) is 0 Å². The zero-order valence-corrected chi connectivity index (χ0v) is 16.6. The van der Waals surface area contributed by atoms with Crippen LogP contribution in [-0.2, 0) is 4.74 Å². The number of aryl methyl sites for hydroxylation is 1. The highest BCUT2D eigenvalue weighted by Crippen LogP contribution is 2.18. The number of nitrogens with one attached hydrogen (secondary N) is 1. The third-order valence-electron chi connectivity index (χ3n) is 5.23. The quantitative estimate of drug-likeness (QED) is 0.703. The fourth-order valence-electron chi connectivity index (χ4n) is 3.50. The molecule has 0 aliphatic carbocycles. The molecule has 6 heteroatoms. The molecule has 1 amide bonds. The Kier molecular flexibility index (Phi) is 6.03. The number of benzene rings is 2. The van der Waals surface area contributed by atoms with E-state index in [1.54, 1.807) is 10.9 Å². The molecule has 1 atom stereocenters. The Morgan fingerprint density at radius 1 is 1.10 bits per heavy atom. The zero-order chi connectivity index (χ0) is 20.1. The molecule has 0 bridgehead atoms. The summed E-state index contributed by atoms with van der Waals surface area (Å²) in [5.41, 5.74) is 3.89. The molecule has 0 saturated carbocycles.